The molecule has 4 nitrogen and oxygen atoms in total. The Morgan fingerprint density at radius 2 is 1.79 bits per heavy atom. The van der Waals surface area contributed by atoms with E-state index in [-0.39, 0.29) is 24.8 Å². The zero-order valence-electron chi connectivity index (χ0n) is 13.8. The maximum atomic E-state index is 12.1. The summed E-state index contributed by atoms with van der Waals surface area (Å²) in [4.78, 5) is 24.0. The monoisotopic (exact) mass is 388 g/mol. The fourth-order valence-electron chi connectivity index (χ4n) is 2.38. The predicted molar refractivity (Wildman–Crippen MR) is 100 cm³/mol. The molecule has 0 fully saturated rings. The van der Waals surface area contributed by atoms with Crippen LogP contribution in [-0.2, 0) is 16.0 Å². The molecule has 2 aromatic rings. The molecule has 0 bridgehead atoms. The molecular weight excluding hydrogens is 368 g/mol. The molecule has 5 heteroatoms. The molecular formula is C19H21BrN2O2. The summed E-state index contributed by atoms with van der Waals surface area (Å²) in [6.07, 6.45) is 0.245. The molecule has 0 unspecified atom stereocenters. The maximum absolute atomic E-state index is 12.1. The van der Waals surface area contributed by atoms with Crippen LogP contribution in [0.1, 0.15) is 30.9 Å². The van der Waals surface area contributed by atoms with Crippen LogP contribution < -0.4 is 10.6 Å². The van der Waals surface area contributed by atoms with E-state index in [0.717, 1.165) is 21.3 Å². The third-order valence-electron chi connectivity index (χ3n) is 3.56. The van der Waals surface area contributed by atoms with Crippen LogP contribution in [-0.4, -0.2) is 18.4 Å². The number of halogens is 1. The van der Waals surface area contributed by atoms with Gasteiger partial charge in [-0.25, -0.2) is 0 Å². The molecule has 0 radical (unpaired) electrons. The minimum Gasteiger partial charge on any atom is -0.347 e. The van der Waals surface area contributed by atoms with Crippen molar-refractivity contribution in [3.05, 3.63) is 64.1 Å². The number of anilines is 1. The van der Waals surface area contributed by atoms with E-state index in [1.54, 1.807) is 0 Å². The van der Waals surface area contributed by atoms with Crippen LogP contribution >= 0.6 is 15.9 Å². The highest BCUT2D eigenvalue weighted by Crippen LogP contribution is 2.23. The Bertz CT molecular complexity index is 729. The second-order valence-electron chi connectivity index (χ2n) is 5.87. The van der Waals surface area contributed by atoms with Gasteiger partial charge < -0.3 is 10.6 Å². The zero-order chi connectivity index (χ0) is 17.5. The average Bonchev–Trinajstić information content (AvgIpc) is 2.53. The Hall–Kier alpha value is -2.14. The summed E-state index contributed by atoms with van der Waals surface area (Å²) in [5.74, 6) is -0.0984. The number of para-hydroxylation sites is 1. The van der Waals surface area contributed by atoms with Crippen LogP contribution in [0.4, 0.5) is 5.69 Å². The zero-order valence-corrected chi connectivity index (χ0v) is 15.4. The van der Waals surface area contributed by atoms with Crippen LogP contribution in [0.3, 0.4) is 0 Å². The van der Waals surface area contributed by atoms with Gasteiger partial charge in [0.1, 0.15) is 0 Å². The molecule has 0 heterocycles. The van der Waals surface area contributed by atoms with Crippen LogP contribution in [0.5, 0.6) is 0 Å². The Labute approximate surface area is 150 Å². The minimum atomic E-state index is -0.231. The van der Waals surface area contributed by atoms with Gasteiger partial charge in [0.05, 0.1) is 13.0 Å². The number of rotatable bonds is 6. The molecule has 0 atom stereocenters. The van der Waals surface area contributed by atoms with Gasteiger partial charge in [-0.1, -0.05) is 60.1 Å². The Morgan fingerprint density at radius 1 is 1.04 bits per heavy atom. The molecule has 126 valence electrons. The number of carbonyl (C=O) groups is 2. The summed E-state index contributed by atoms with van der Waals surface area (Å²) in [5.41, 5.74) is 2.76. The number of hydrogen-bond donors (Lipinski definition) is 2. The first-order chi connectivity index (χ1) is 11.5. The van der Waals surface area contributed by atoms with E-state index in [9.17, 15) is 9.59 Å². The fourth-order valence-corrected chi connectivity index (χ4v) is 2.83. The smallest absolute Gasteiger partial charge is 0.243 e. The van der Waals surface area contributed by atoms with Crippen molar-refractivity contribution in [2.45, 2.75) is 26.2 Å². The third kappa shape index (κ3) is 5.49. The summed E-state index contributed by atoms with van der Waals surface area (Å²) >= 11 is 3.37. The first-order valence-corrected chi connectivity index (χ1v) is 8.65. The number of nitrogens with one attached hydrogen (secondary N) is 2. The normalized spacial score (nSPS) is 10.5. The predicted octanol–water partition coefficient (Wildman–Crippen LogP) is 3.87. The molecule has 2 aromatic carbocycles. The van der Waals surface area contributed by atoms with Crippen molar-refractivity contribution in [3.8, 4) is 0 Å². The number of benzene rings is 2. The van der Waals surface area contributed by atoms with Crippen molar-refractivity contribution in [2.24, 2.45) is 0 Å². The third-order valence-corrected chi connectivity index (χ3v) is 4.05. The minimum absolute atomic E-state index is 0.0424. The summed E-state index contributed by atoms with van der Waals surface area (Å²) in [6, 6.07) is 15.2. The summed E-state index contributed by atoms with van der Waals surface area (Å²) in [5, 5.41) is 5.51. The van der Waals surface area contributed by atoms with Crippen molar-refractivity contribution < 1.29 is 9.59 Å². The van der Waals surface area contributed by atoms with Crippen molar-refractivity contribution >= 4 is 33.4 Å². The van der Waals surface area contributed by atoms with Crippen LogP contribution in [0.2, 0.25) is 0 Å². The molecule has 0 aliphatic heterocycles. The van der Waals surface area contributed by atoms with Crippen LogP contribution in [0, 0.1) is 0 Å². The lowest BCUT2D eigenvalue weighted by molar-refractivity contribution is -0.123. The van der Waals surface area contributed by atoms with E-state index in [4.69, 9.17) is 0 Å². The van der Waals surface area contributed by atoms with Gasteiger partial charge in [-0.15, -0.1) is 0 Å². The molecule has 0 aromatic heterocycles. The van der Waals surface area contributed by atoms with E-state index < -0.39 is 0 Å². The molecule has 0 spiro atoms. The molecule has 2 amide bonds. The summed E-state index contributed by atoms with van der Waals surface area (Å²) in [6.45, 7) is 4.11. The Kier molecular flexibility index (Phi) is 6.55. The quantitative estimate of drug-likeness (QED) is 0.788. The van der Waals surface area contributed by atoms with Crippen molar-refractivity contribution in [1.82, 2.24) is 5.32 Å². The van der Waals surface area contributed by atoms with Gasteiger partial charge >= 0.3 is 0 Å². The van der Waals surface area contributed by atoms with Gasteiger partial charge in [-0.3, -0.25) is 9.59 Å². The second-order valence-corrected chi connectivity index (χ2v) is 6.79. The molecule has 0 saturated heterocycles. The number of hydrogen-bond acceptors (Lipinski definition) is 2. The van der Waals surface area contributed by atoms with Gasteiger partial charge in [-0.2, -0.15) is 0 Å². The maximum Gasteiger partial charge on any atom is 0.243 e. The van der Waals surface area contributed by atoms with E-state index >= 15 is 0 Å². The largest absolute Gasteiger partial charge is 0.347 e. The Balaban J connectivity index is 1.86. The van der Waals surface area contributed by atoms with Gasteiger partial charge in [-0.05, 0) is 35.2 Å². The summed E-state index contributed by atoms with van der Waals surface area (Å²) in [7, 11) is 0. The average molecular weight is 389 g/mol. The van der Waals surface area contributed by atoms with E-state index in [1.165, 1.54) is 0 Å². The highest BCUT2D eigenvalue weighted by Gasteiger charge is 2.10. The molecule has 0 aliphatic carbocycles. The fraction of sp³-hybridized carbons (Fsp3) is 0.263. The lowest BCUT2D eigenvalue weighted by Crippen LogP contribution is -2.34. The second kappa shape index (κ2) is 8.64. The van der Waals surface area contributed by atoms with Gasteiger partial charge in [0, 0.05) is 10.2 Å². The molecule has 2 rings (SSSR count). The SMILES string of the molecule is CC(C)c1ccccc1NC(=O)CNC(=O)Cc1cccc(Br)c1. The Morgan fingerprint density at radius 3 is 2.50 bits per heavy atom. The van der Waals surface area contributed by atoms with E-state index in [2.05, 4.69) is 40.4 Å². The standard InChI is InChI=1S/C19H21BrN2O2/c1-13(2)16-8-3-4-9-17(16)22-19(24)12-21-18(23)11-14-6-5-7-15(20)10-14/h3-10,13H,11-12H2,1-2H3,(H,21,23)(H,22,24). The van der Waals surface area contributed by atoms with Gasteiger partial charge in [0.2, 0.25) is 11.8 Å². The molecule has 2 N–H and O–H groups in total. The van der Waals surface area contributed by atoms with Gasteiger partial charge in [0.15, 0.2) is 0 Å². The molecule has 24 heavy (non-hydrogen) atoms. The number of carbonyl (C=O) groups excluding carboxylic acids is 2. The van der Waals surface area contributed by atoms with Crippen LogP contribution in [0.25, 0.3) is 0 Å². The summed E-state index contributed by atoms with van der Waals surface area (Å²) < 4.78 is 0.927. The highest BCUT2D eigenvalue weighted by molar-refractivity contribution is 9.10. The first kappa shape index (κ1) is 18.2. The topological polar surface area (TPSA) is 58.2 Å². The lowest BCUT2D eigenvalue weighted by Gasteiger charge is -2.14. The highest BCUT2D eigenvalue weighted by atomic mass is 79.9. The van der Waals surface area contributed by atoms with Crippen molar-refractivity contribution in [2.75, 3.05) is 11.9 Å². The van der Waals surface area contributed by atoms with Gasteiger partial charge in [0.25, 0.3) is 0 Å². The molecule has 0 saturated carbocycles. The first-order valence-electron chi connectivity index (χ1n) is 7.85. The van der Waals surface area contributed by atoms with E-state index in [1.807, 2.05) is 48.5 Å². The molecule has 0 aliphatic rings. The lowest BCUT2D eigenvalue weighted by atomic mass is 10.0. The van der Waals surface area contributed by atoms with E-state index in [0.29, 0.717) is 5.92 Å². The number of amides is 2. The van der Waals surface area contributed by atoms with Crippen molar-refractivity contribution in [1.29, 1.82) is 0 Å². The van der Waals surface area contributed by atoms with Crippen LogP contribution in [0.15, 0.2) is 53.0 Å². The van der Waals surface area contributed by atoms with Crippen molar-refractivity contribution in [3.63, 3.8) is 0 Å².